The van der Waals surface area contributed by atoms with E-state index in [9.17, 15) is 4.39 Å². The van der Waals surface area contributed by atoms with Gasteiger partial charge in [0.1, 0.15) is 11.6 Å². The molecule has 4 heteroatoms. The van der Waals surface area contributed by atoms with Crippen LogP contribution < -0.4 is 10.1 Å². The number of rotatable bonds is 8. The van der Waals surface area contributed by atoms with Crippen LogP contribution in [0.15, 0.2) is 24.3 Å². The molecule has 0 fully saturated rings. The smallest absolute Gasteiger partial charge is 0.126 e. The van der Waals surface area contributed by atoms with Crippen LogP contribution in [0.3, 0.4) is 0 Å². The molecule has 1 aromatic rings. The second-order valence-electron chi connectivity index (χ2n) is 3.38. The molecule has 0 bridgehead atoms. The van der Waals surface area contributed by atoms with E-state index in [2.05, 4.69) is 5.32 Å². The maximum atomic E-state index is 12.8. The van der Waals surface area contributed by atoms with E-state index in [0.29, 0.717) is 25.6 Å². The first kappa shape index (κ1) is 12.9. The van der Waals surface area contributed by atoms with E-state index in [1.165, 1.54) is 12.1 Å². The Balaban J connectivity index is 2.03. The van der Waals surface area contributed by atoms with Crippen LogP contribution in [0, 0.1) is 5.82 Å². The standard InChI is InChI=1S/C12H18FNO2/c1-14-6-9-15-7-3-8-16-12-5-2-4-11(13)10-12/h2,4-5,10,14H,3,6-9H2,1H3. The fourth-order valence-electron chi connectivity index (χ4n) is 1.18. The normalized spacial score (nSPS) is 10.4. The zero-order chi connectivity index (χ0) is 11.6. The van der Waals surface area contributed by atoms with Gasteiger partial charge in [0.05, 0.1) is 13.2 Å². The second-order valence-corrected chi connectivity index (χ2v) is 3.38. The van der Waals surface area contributed by atoms with Crippen LogP contribution >= 0.6 is 0 Å². The molecule has 0 aromatic heterocycles. The SMILES string of the molecule is CNCCOCCCOc1cccc(F)c1. The van der Waals surface area contributed by atoms with E-state index in [1.54, 1.807) is 12.1 Å². The number of benzene rings is 1. The number of hydrogen-bond acceptors (Lipinski definition) is 3. The fraction of sp³-hybridized carbons (Fsp3) is 0.500. The average molecular weight is 227 g/mol. The van der Waals surface area contributed by atoms with E-state index >= 15 is 0 Å². The molecule has 16 heavy (non-hydrogen) atoms. The highest BCUT2D eigenvalue weighted by atomic mass is 19.1. The summed E-state index contributed by atoms with van der Waals surface area (Å²) in [6, 6.07) is 6.15. The van der Waals surface area contributed by atoms with Crippen molar-refractivity contribution in [2.75, 3.05) is 33.4 Å². The van der Waals surface area contributed by atoms with Crippen molar-refractivity contribution in [2.45, 2.75) is 6.42 Å². The van der Waals surface area contributed by atoms with Crippen LogP contribution in [-0.2, 0) is 4.74 Å². The van der Waals surface area contributed by atoms with Crippen LogP contribution in [-0.4, -0.2) is 33.4 Å². The van der Waals surface area contributed by atoms with Gasteiger partial charge in [0, 0.05) is 25.6 Å². The average Bonchev–Trinajstić information content (AvgIpc) is 2.28. The Morgan fingerprint density at radius 2 is 2.12 bits per heavy atom. The lowest BCUT2D eigenvalue weighted by atomic mass is 10.3. The van der Waals surface area contributed by atoms with E-state index < -0.39 is 0 Å². The first-order chi connectivity index (χ1) is 7.83. The Morgan fingerprint density at radius 3 is 2.88 bits per heavy atom. The van der Waals surface area contributed by atoms with Crippen molar-refractivity contribution in [2.24, 2.45) is 0 Å². The molecule has 0 radical (unpaired) electrons. The lowest BCUT2D eigenvalue weighted by Gasteiger charge is -2.06. The van der Waals surface area contributed by atoms with E-state index in [4.69, 9.17) is 9.47 Å². The van der Waals surface area contributed by atoms with Crippen molar-refractivity contribution in [3.05, 3.63) is 30.1 Å². The third kappa shape index (κ3) is 5.68. The molecule has 1 N–H and O–H groups in total. The predicted molar refractivity (Wildman–Crippen MR) is 61.3 cm³/mol. The minimum absolute atomic E-state index is 0.275. The Bertz CT molecular complexity index is 294. The molecule has 90 valence electrons. The van der Waals surface area contributed by atoms with Gasteiger partial charge in [0.25, 0.3) is 0 Å². The third-order valence-corrected chi connectivity index (χ3v) is 1.99. The van der Waals surface area contributed by atoms with Crippen molar-refractivity contribution >= 4 is 0 Å². The van der Waals surface area contributed by atoms with Gasteiger partial charge in [-0.05, 0) is 19.2 Å². The van der Waals surface area contributed by atoms with Crippen LogP contribution in [0.4, 0.5) is 4.39 Å². The largest absolute Gasteiger partial charge is 0.493 e. The van der Waals surface area contributed by atoms with Gasteiger partial charge in [-0.1, -0.05) is 6.07 Å². The first-order valence-corrected chi connectivity index (χ1v) is 5.43. The summed E-state index contributed by atoms with van der Waals surface area (Å²) in [4.78, 5) is 0. The topological polar surface area (TPSA) is 30.5 Å². The molecule has 0 atom stereocenters. The lowest BCUT2D eigenvalue weighted by Crippen LogP contribution is -2.15. The zero-order valence-corrected chi connectivity index (χ0v) is 9.54. The lowest BCUT2D eigenvalue weighted by molar-refractivity contribution is 0.122. The monoisotopic (exact) mass is 227 g/mol. The molecular weight excluding hydrogens is 209 g/mol. The van der Waals surface area contributed by atoms with Gasteiger partial charge in [-0.15, -0.1) is 0 Å². The quantitative estimate of drug-likeness (QED) is 0.687. The van der Waals surface area contributed by atoms with E-state index in [-0.39, 0.29) is 5.82 Å². The Morgan fingerprint density at radius 1 is 1.25 bits per heavy atom. The summed E-state index contributed by atoms with van der Waals surface area (Å²) in [5.41, 5.74) is 0. The zero-order valence-electron chi connectivity index (χ0n) is 9.54. The number of likely N-dealkylation sites (N-methyl/N-ethyl adjacent to an activating group) is 1. The molecule has 0 saturated heterocycles. The summed E-state index contributed by atoms with van der Waals surface area (Å²) < 4.78 is 23.4. The molecular formula is C12H18FNO2. The highest BCUT2D eigenvalue weighted by Gasteiger charge is 1.95. The molecule has 0 spiro atoms. The van der Waals surface area contributed by atoms with Crippen molar-refractivity contribution in [1.29, 1.82) is 0 Å². The first-order valence-electron chi connectivity index (χ1n) is 5.43. The molecule has 1 rings (SSSR count). The molecule has 0 aliphatic heterocycles. The summed E-state index contributed by atoms with van der Waals surface area (Å²) in [6.07, 6.45) is 0.806. The van der Waals surface area contributed by atoms with Crippen LogP contribution in [0.2, 0.25) is 0 Å². The van der Waals surface area contributed by atoms with Crippen molar-refractivity contribution < 1.29 is 13.9 Å². The van der Waals surface area contributed by atoms with Crippen LogP contribution in [0.1, 0.15) is 6.42 Å². The number of hydrogen-bond donors (Lipinski definition) is 1. The molecule has 1 aromatic carbocycles. The number of nitrogens with one attached hydrogen (secondary N) is 1. The molecule has 3 nitrogen and oxygen atoms in total. The van der Waals surface area contributed by atoms with Crippen LogP contribution in [0.25, 0.3) is 0 Å². The maximum absolute atomic E-state index is 12.8. The summed E-state index contributed by atoms with van der Waals surface area (Å²) >= 11 is 0. The van der Waals surface area contributed by atoms with Crippen molar-refractivity contribution in [3.63, 3.8) is 0 Å². The predicted octanol–water partition coefficient (Wildman–Crippen LogP) is 1.83. The molecule has 0 saturated carbocycles. The van der Waals surface area contributed by atoms with Gasteiger partial charge >= 0.3 is 0 Å². The summed E-state index contributed by atoms with van der Waals surface area (Å²) in [7, 11) is 1.89. The molecule has 0 unspecified atom stereocenters. The summed E-state index contributed by atoms with van der Waals surface area (Å²) in [6.45, 7) is 2.77. The highest BCUT2D eigenvalue weighted by Crippen LogP contribution is 2.11. The summed E-state index contributed by atoms with van der Waals surface area (Å²) in [5.74, 6) is 0.290. The van der Waals surface area contributed by atoms with E-state index in [0.717, 1.165) is 13.0 Å². The molecule has 0 amide bonds. The van der Waals surface area contributed by atoms with Crippen molar-refractivity contribution in [3.8, 4) is 5.75 Å². The van der Waals surface area contributed by atoms with Crippen LogP contribution in [0.5, 0.6) is 5.75 Å². The molecule has 0 heterocycles. The van der Waals surface area contributed by atoms with Gasteiger partial charge in [-0.25, -0.2) is 4.39 Å². The minimum atomic E-state index is -0.275. The Labute approximate surface area is 95.6 Å². The van der Waals surface area contributed by atoms with Gasteiger partial charge in [0.15, 0.2) is 0 Å². The second kappa shape index (κ2) is 8.07. The molecule has 0 aliphatic carbocycles. The third-order valence-electron chi connectivity index (χ3n) is 1.99. The van der Waals surface area contributed by atoms with Gasteiger partial charge in [-0.2, -0.15) is 0 Å². The van der Waals surface area contributed by atoms with E-state index in [1.807, 2.05) is 7.05 Å². The van der Waals surface area contributed by atoms with Gasteiger partial charge in [0.2, 0.25) is 0 Å². The minimum Gasteiger partial charge on any atom is -0.493 e. The fourth-order valence-corrected chi connectivity index (χ4v) is 1.18. The summed E-state index contributed by atoms with van der Waals surface area (Å²) in [5, 5.41) is 2.99. The van der Waals surface area contributed by atoms with Gasteiger partial charge < -0.3 is 14.8 Å². The van der Waals surface area contributed by atoms with Crippen molar-refractivity contribution in [1.82, 2.24) is 5.32 Å². The van der Waals surface area contributed by atoms with Gasteiger partial charge in [-0.3, -0.25) is 0 Å². The Kier molecular flexibility index (Phi) is 6.53. The number of halogens is 1. The maximum Gasteiger partial charge on any atom is 0.126 e. The Hall–Kier alpha value is -1.13. The highest BCUT2D eigenvalue weighted by molar-refractivity contribution is 5.22. The molecule has 0 aliphatic rings. The number of ether oxygens (including phenoxy) is 2.